The minimum atomic E-state index is -3.82. The number of benzene rings is 2. The molecule has 1 aromatic heterocycles. The van der Waals surface area contributed by atoms with E-state index in [9.17, 15) is 13.2 Å². The van der Waals surface area contributed by atoms with Gasteiger partial charge in [-0.05, 0) is 62.9 Å². The number of carbonyl (C=O) groups is 1. The summed E-state index contributed by atoms with van der Waals surface area (Å²) in [6.45, 7) is 7.22. The van der Waals surface area contributed by atoms with E-state index in [-0.39, 0.29) is 21.7 Å². The Bertz CT molecular complexity index is 1270. The quantitative estimate of drug-likeness (QED) is 0.490. The predicted molar refractivity (Wildman–Crippen MR) is 129 cm³/mol. The smallest absolute Gasteiger partial charge is 0.310 e. The molecule has 7 heteroatoms. The monoisotopic (exact) mass is 466 g/mol. The number of nitrogens with zero attached hydrogens (tertiary/aromatic N) is 2. The number of fused-ring (bicyclic) bond motifs is 1. The van der Waals surface area contributed by atoms with Crippen LogP contribution in [-0.2, 0) is 25.8 Å². The zero-order valence-corrected chi connectivity index (χ0v) is 20.2. The van der Waals surface area contributed by atoms with E-state index in [1.165, 1.54) is 6.20 Å². The molecule has 6 nitrogen and oxygen atoms in total. The Hall–Kier alpha value is -2.93. The standard InChI is InChI=1S/C26H30N2O4S/c1-4-19-10-13-23-22(15-19)25(28-14-6-7-20(17-28)26(29)32-5-2)24(16-27-23)33(30,31)21-11-8-18(3)9-12-21/h8-13,15-16,20H,4-7,14,17H2,1-3H3. The third-order valence-corrected chi connectivity index (χ3v) is 8.03. The Labute approximate surface area is 195 Å². The molecule has 0 saturated carbocycles. The van der Waals surface area contributed by atoms with Crippen molar-refractivity contribution in [1.82, 2.24) is 4.98 Å². The molecule has 0 amide bonds. The van der Waals surface area contributed by atoms with Crippen LogP contribution in [0.4, 0.5) is 5.69 Å². The maximum Gasteiger partial charge on any atom is 0.310 e. The third-order valence-electron chi connectivity index (χ3n) is 6.26. The molecule has 1 atom stereocenters. The summed E-state index contributed by atoms with van der Waals surface area (Å²) >= 11 is 0. The van der Waals surface area contributed by atoms with Gasteiger partial charge in [-0.1, -0.05) is 30.7 Å². The van der Waals surface area contributed by atoms with Gasteiger partial charge in [-0.15, -0.1) is 0 Å². The minimum Gasteiger partial charge on any atom is -0.466 e. The maximum absolute atomic E-state index is 13.8. The lowest BCUT2D eigenvalue weighted by atomic mass is 9.97. The molecule has 1 aliphatic heterocycles. The third kappa shape index (κ3) is 4.60. The lowest BCUT2D eigenvalue weighted by Crippen LogP contribution is -2.40. The lowest BCUT2D eigenvalue weighted by Gasteiger charge is -2.35. The summed E-state index contributed by atoms with van der Waals surface area (Å²) < 4.78 is 32.8. The highest BCUT2D eigenvalue weighted by Gasteiger charge is 2.32. The molecule has 0 spiro atoms. The summed E-state index contributed by atoms with van der Waals surface area (Å²) in [5.74, 6) is -0.510. The van der Waals surface area contributed by atoms with Crippen molar-refractivity contribution in [1.29, 1.82) is 0 Å². The van der Waals surface area contributed by atoms with Crippen molar-refractivity contribution in [2.75, 3.05) is 24.6 Å². The Morgan fingerprint density at radius 3 is 2.61 bits per heavy atom. The Morgan fingerprint density at radius 2 is 1.91 bits per heavy atom. The van der Waals surface area contributed by atoms with Gasteiger partial charge < -0.3 is 9.64 Å². The summed E-state index contributed by atoms with van der Waals surface area (Å²) in [7, 11) is -3.82. The van der Waals surface area contributed by atoms with Gasteiger partial charge in [0.05, 0.1) is 28.6 Å². The van der Waals surface area contributed by atoms with E-state index >= 15 is 0 Å². The summed E-state index contributed by atoms with van der Waals surface area (Å²) in [4.78, 5) is 19.5. The van der Waals surface area contributed by atoms with Crippen molar-refractivity contribution in [3.05, 3.63) is 59.8 Å². The van der Waals surface area contributed by atoms with Gasteiger partial charge in [0.2, 0.25) is 9.84 Å². The number of ether oxygens (including phenoxy) is 1. The van der Waals surface area contributed by atoms with Crippen LogP contribution in [-0.4, -0.2) is 39.1 Å². The van der Waals surface area contributed by atoms with Crippen LogP contribution in [0.15, 0.2) is 58.5 Å². The second kappa shape index (κ2) is 9.51. The number of aryl methyl sites for hydroxylation is 2. The van der Waals surface area contributed by atoms with Crippen molar-refractivity contribution in [3.63, 3.8) is 0 Å². The van der Waals surface area contributed by atoms with Crippen LogP contribution < -0.4 is 4.90 Å². The fraction of sp³-hybridized carbons (Fsp3) is 0.385. The van der Waals surface area contributed by atoms with Crippen molar-refractivity contribution >= 4 is 32.4 Å². The fourth-order valence-corrected chi connectivity index (χ4v) is 5.86. The van der Waals surface area contributed by atoms with Gasteiger partial charge in [0, 0.05) is 24.7 Å². The molecule has 4 rings (SSSR count). The number of hydrogen-bond acceptors (Lipinski definition) is 6. The molecule has 1 aliphatic rings. The summed E-state index contributed by atoms with van der Waals surface area (Å²) in [6.07, 6.45) is 3.81. The molecule has 174 valence electrons. The van der Waals surface area contributed by atoms with Crippen molar-refractivity contribution in [3.8, 4) is 0 Å². The lowest BCUT2D eigenvalue weighted by molar-refractivity contribution is -0.148. The van der Waals surface area contributed by atoms with E-state index < -0.39 is 9.84 Å². The molecule has 2 aromatic carbocycles. The van der Waals surface area contributed by atoms with Crippen LogP contribution in [0.5, 0.6) is 0 Å². The largest absolute Gasteiger partial charge is 0.466 e. The molecule has 0 bridgehead atoms. The first-order valence-corrected chi connectivity index (χ1v) is 13.0. The molecule has 1 saturated heterocycles. The second-order valence-electron chi connectivity index (χ2n) is 8.53. The number of rotatable bonds is 6. The van der Waals surface area contributed by atoms with E-state index in [0.717, 1.165) is 41.3 Å². The first kappa shape index (κ1) is 23.2. The van der Waals surface area contributed by atoms with Crippen LogP contribution in [0.1, 0.15) is 37.8 Å². The molecular formula is C26H30N2O4S. The molecular weight excluding hydrogens is 436 g/mol. The number of sulfone groups is 1. The zero-order valence-electron chi connectivity index (χ0n) is 19.4. The molecule has 3 aromatic rings. The van der Waals surface area contributed by atoms with Crippen LogP contribution in [0.3, 0.4) is 0 Å². The topological polar surface area (TPSA) is 76.6 Å². The summed E-state index contributed by atoms with van der Waals surface area (Å²) in [5, 5.41) is 0.798. The maximum atomic E-state index is 13.8. The van der Waals surface area contributed by atoms with E-state index in [2.05, 4.69) is 11.9 Å². The fourth-order valence-electron chi connectivity index (χ4n) is 4.43. The van der Waals surface area contributed by atoms with Crippen LogP contribution >= 0.6 is 0 Å². The normalized spacial score (nSPS) is 16.7. The molecule has 0 N–H and O–H groups in total. The highest BCUT2D eigenvalue weighted by atomic mass is 32.2. The highest BCUT2D eigenvalue weighted by molar-refractivity contribution is 7.91. The van der Waals surface area contributed by atoms with E-state index in [1.54, 1.807) is 31.2 Å². The van der Waals surface area contributed by atoms with Gasteiger partial charge in [0.25, 0.3) is 0 Å². The van der Waals surface area contributed by atoms with Crippen LogP contribution in [0.25, 0.3) is 10.9 Å². The first-order chi connectivity index (χ1) is 15.8. The van der Waals surface area contributed by atoms with Gasteiger partial charge in [0.15, 0.2) is 0 Å². The molecule has 1 fully saturated rings. The van der Waals surface area contributed by atoms with Gasteiger partial charge in [-0.25, -0.2) is 8.42 Å². The average molecular weight is 467 g/mol. The number of hydrogen-bond donors (Lipinski definition) is 0. The molecule has 2 heterocycles. The van der Waals surface area contributed by atoms with Crippen molar-refractivity contribution < 1.29 is 17.9 Å². The van der Waals surface area contributed by atoms with Gasteiger partial charge in [0.1, 0.15) is 4.90 Å². The molecule has 0 radical (unpaired) electrons. The number of pyridine rings is 1. The summed E-state index contributed by atoms with van der Waals surface area (Å²) in [6, 6.07) is 12.9. The van der Waals surface area contributed by atoms with E-state index in [1.807, 2.05) is 30.0 Å². The number of carbonyl (C=O) groups excluding carboxylic acids is 1. The van der Waals surface area contributed by atoms with E-state index in [0.29, 0.717) is 25.4 Å². The number of esters is 1. The Kier molecular flexibility index (Phi) is 6.70. The predicted octanol–water partition coefficient (Wildman–Crippen LogP) is 4.72. The van der Waals surface area contributed by atoms with Crippen LogP contribution in [0.2, 0.25) is 0 Å². The minimum absolute atomic E-state index is 0.177. The summed E-state index contributed by atoms with van der Waals surface area (Å²) in [5.41, 5.74) is 3.47. The van der Waals surface area contributed by atoms with Gasteiger partial charge >= 0.3 is 5.97 Å². The number of anilines is 1. The molecule has 1 unspecified atom stereocenters. The average Bonchev–Trinajstić information content (AvgIpc) is 2.83. The SMILES string of the molecule is CCOC(=O)C1CCCN(c2c(S(=O)(=O)c3ccc(C)cc3)cnc3ccc(CC)cc23)C1. The second-order valence-corrected chi connectivity index (χ2v) is 10.4. The number of piperidine rings is 1. The number of aromatic nitrogens is 1. The van der Waals surface area contributed by atoms with Gasteiger partial charge in [-0.2, -0.15) is 0 Å². The Morgan fingerprint density at radius 1 is 1.15 bits per heavy atom. The van der Waals surface area contributed by atoms with Gasteiger partial charge in [-0.3, -0.25) is 9.78 Å². The molecule has 33 heavy (non-hydrogen) atoms. The Balaban J connectivity index is 1.90. The van der Waals surface area contributed by atoms with Crippen molar-refractivity contribution in [2.24, 2.45) is 5.92 Å². The molecule has 0 aliphatic carbocycles. The van der Waals surface area contributed by atoms with Crippen LogP contribution in [0, 0.1) is 12.8 Å². The van der Waals surface area contributed by atoms with E-state index in [4.69, 9.17) is 4.74 Å². The highest BCUT2D eigenvalue weighted by Crippen LogP contribution is 2.38. The zero-order chi connectivity index (χ0) is 23.6. The van der Waals surface area contributed by atoms with Crippen molar-refractivity contribution in [2.45, 2.75) is 49.8 Å². The first-order valence-electron chi connectivity index (χ1n) is 11.5.